The topological polar surface area (TPSA) is 84.9 Å². The third-order valence-corrected chi connectivity index (χ3v) is 3.35. The van der Waals surface area contributed by atoms with Crippen LogP contribution in [-0.4, -0.2) is 43.1 Å². The Hall–Kier alpha value is -0.780. The third kappa shape index (κ3) is 13.9. The van der Waals surface area contributed by atoms with E-state index in [1.54, 1.807) is 6.21 Å². The lowest BCUT2D eigenvalue weighted by atomic mass is 9.98. The minimum Gasteiger partial charge on any atom is -0.395 e. The fraction of sp³-hybridized carbons (Fsp3) is 0.875. The molecule has 0 bridgehead atoms. The first-order chi connectivity index (χ1) is 10.1. The van der Waals surface area contributed by atoms with Crippen LogP contribution in [0.5, 0.6) is 0 Å². The molecule has 1 amide bonds. The summed E-state index contributed by atoms with van der Waals surface area (Å²) in [4.78, 5) is 14.8. The second kappa shape index (κ2) is 14.2. The summed E-state index contributed by atoms with van der Waals surface area (Å²) in [7, 11) is 0. The number of carbonyl (C=O) groups excluding carboxylic acids is 1. The monoisotopic (exact) mass is 300 g/mol. The van der Waals surface area contributed by atoms with Crippen molar-refractivity contribution in [2.45, 2.75) is 64.8 Å². The van der Waals surface area contributed by atoms with E-state index in [0.717, 1.165) is 19.3 Å². The predicted octanol–water partition coefficient (Wildman–Crippen LogP) is 2.31. The molecule has 5 heteroatoms. The Bertz CT molecular complexity index is 283. The van der Waals surface area contributed by atoms with E-state index in [1.165, 1.54) is 32.6 Å². The molecular weight excluding hydrogens is 268 g/mol. The Balaban J connectivity index is 3.94. The molecule has 0 aliphatic rings. The van der Waals surface area contributed by atoms with Crippen LogP contribution in [-0.2, 0) is 9.53 Å². The lowest BCUT2D eigenvalue weighted by Gasteiger charge is -2.13. The molecule has 0 rings (SSSR count). The maximum atomic E-state index is 10.9. The zero-order chi connectivity index (χ0) is 15.9. The number of amides is 1. The molecule has 0 saturated heterocycles. The van der Waals surface area contributed by atoms with Gasteiger partial charge in [-0.05, 0) is 18.8 Å². The van der Waals surface area contributed by atoms with E-state index in [2.05, 4.69) is 11.9 Å². The largest absolute Gasteiger partial charge is 0.395 e. The van der Waals surface area contributed by atoms with E-state index < -0.39 is 0 Å². The highest BCUT2D eigenvalue weighted by atomic mass is 16.5. The van der Waals surface area contributed by atoms with Gasteiger partial charge in [0, 0.05) is 19.7 Å². The van der Waals surface area contributed by atoms with Crippen LogP contribution in [0.25, 0.3) is 0 Å². The van der Waals surface area contributed by atoms with Gasteiger partial charge >= 0.3 is 0 Å². The molecule has 1 unspecified atom stereocenters. The second-order valence-corrected chi connectivity index (χ2v) is 5.57. The average molecular weight is 300 g/mol. The van der Waals surface area contributed by atoms with E-state index in [9.17, 15) is 4.79 Å². The Kier molecular flexibility index (Phi) is 13.6. The van der Waals surface area contributed by atoms with Crippen LogP contribution in [0.2, 0.25) is 0 Å². The molecule has 0 spiro atoms. The van der Waals surface area contributed by atoms with Gasteiger partial charge in [0.25, 0.3) is 0 Å². The van der Waals surface area contributed by atoms with Crippen molar-refractivity contribution in [1.29, 1.82) is 0 Å². The molecule has 0 aromatic heterocycles. The molecule has 0 aliphatic carbocycles. The summed E-state index contributed by atoms with van der Waals surface area (Å²) in [5, 5.41) is 8.81. The SMILES string of the molecule is CCCCCCCC(C=NC(C)=O)CCOC[C@@H](N)CO. The van der Waals surface area contributed by atoms with Crippen LogP contribution in [0.15, 0.2) is 4.99 Å². The third-order valence-electron chi connectivity index (χ3n) is 3.35. The van der Waals surface area contributed by atoms with Crippen molar-refractivity contribution in [3.63, 3.8) is 0 Å². The number of aliphatic hydroxyl groups is 1. The summed E-state index contributed by atoms with van der Waals surface area (Å²) in [6, 6.07) is -0.316. The first-order valence-corrected chi connectivity index (χ1v) is 8.09. The quantitative estimate of drug-likeness (QED) is 0.404. The van der Waals surface area contributed by atoms with Gasteiger partial charge in [-0.15, -0.1) is 0 Å². The molecule has 3 N–H and O–H groups in total. The smallest absolute Gasteiger partial charge is 0.242 e. The Morgan fingerprint density at radius 2 is 2.00 bits per heavy atom. The van der Waals surface area contributed by atoms with Crippen LogP contribution < -0.4 is 5.73 Å². The van der Waals surface area contributed by atoms with Gasteiger partial charge in [0.2, 0.25) is 5.91 Å². The summed E-state index contributed by atoms with van der Waals surface area (Å²) in [6.45, 7) is 4.55. The van der Waals surface area contributed by atoms with Gasteiger partial charge in [-0.2, -0.15) is 0 Å². The van der Waals surface area contributed by atoms with Crippen molar-refractivity contribution in [1.82, 2.24) is 0 Å². The lowest BCUT2D eigenvalue weighted by Crippen LogP contribution is -2.30. The number of carbonyl (C=O) groups is 1. The number of unbranched alkanes of at least 4 members (excludes halogenated alkanes) is 4. The van der Waals surface area contributed by atoms with E-state index in [1.807, 2.05) is 0 Å². The maximum absolute atomic E-state index is 10.9. The summed E-state index contributed by atoms with van der Waals surface area (Å²) in [5.41, 5.74) is 5.57. The van der Waals surface area contributed by atoms with Gasteiger partial charge in [-0.3, -0.25) is 4.79 Å². The van der Waals surface area contributed by atoms with Gasteiger partial charge < -0.3 is 15.6 Å². The number of aliphatic hydroxyl groups excluding tert-OH is 1. The molecular formula is C16H32N2O3. The maximum Gasteiger partial charge on any atom is 0.242 e. The number of hydrogen-bond acceptors (Lipinski definition) is 4. The molecule has 0 aromatic rings. The van der Waals surface area contributed by atoms with E-state index in [-0.39, 0.29) is 24.5 Å². The molecule has 124 valence electrons. The van der Waals surface area contributed by atoms with Crippen molar-refractivity contribution in [2.75, 3.05) is 19.8 Å². The molecule has 0 radical (unpaired) electrons. The molecule has 0 heterocycles. The van der Waals surface area contributed by atoms with Crippen molar-refractivity contribution in [3.8, 4) is 0 Å². The van der Waals surface area contributed by atoms with Crippen molar-refractivity contribution in [3.05, 3.63) is 0 Å². The van der Waals surface area contributed by atoms with E-state index in [0.29, 0.717) is 13.2 Å². The first-order valence-electron chi connectivity index (χ1n) is 8.09. The van der Waals surface area contributed by atoms with Crippen LogP contribution in [0.4, 0.5) is 0 Å². The Morgan fingerprint density at radius 3 is 2.62 bits per heavy atom. The number of nitrogens with zero attached hydrogens (tertiary/aromatic N) is 1. The molecule has 5 nitrogen and oxygen atoms in total. The highest BCUT2D eigenvalue weighted by molar-refractivity contribution is 5.83. The fourth-order valence-electron chi connectivity index (χ4n) is 2.04. The predicted molar refractivity (Wildman–Crippen MR) is 86.5 cm³/mol. The van der Waals surface area contributed by atoms with Crippen LogP contribution in [0.3, 0.4) is 0 Å². The van der Waals surface area contributed by atoms with Crippen LogP contribution in [0, 0.1) is 5.92 Å². The molecule has 21 heavy (non-hydrogen) atoms. The van der Waals surface area contributed by atoms with Crippen molar-refractivity contribution in [2.24, 2.45) is 16.6 Å². The van der Waals surface area contributed by atoms with Gasteiger partial charge in [-0.25, -0.2) is 4.99 Å². The standard InChI is InChI=1S/C16H32N2O3/c1-3-4-5-6-7-8-15(11-18-14(2)20)9-10-21-13-16(17)12-19/h11,15-16,19H,3-10,12-13,17H2,1-2H3/t15?,16-/m0/s1. The molecule has 0 aromatic carbocycles. The lowest BCUT2D eigenvalue weighted by molar-refractivity contribution is -0.115. The minimum absolute atomic E-state index is 0.0628. The van der Waals surface area contributed by atoms with Gasteiger partial charge in [0.05, 0.1) is 19.3 Å². The van der Waals surface area contributed by atoms with Crippen molar-refractivity contribution < 1.29 is 14.6 Å². The first kappa shape index (κ1) is 20.2. The van der Waals surface area contributed by atoms with Gasteiger partial charge in [-0.1, -0.05) is 39.0 Å². The Morgan fingerprint density at radius 1 is 1.29 bits per heavy atom. The second-order valence-electron chi connectivity index (χ2n) is 5.57. The summed E-state index contributed by atoms with van der Waals surface area (Å²) >= 11 is 0. The number of rotatable bonds is 13. The zero-order valence-corrected chi connectivity index (χ0v) is 13.6. The summed E-state index contributed by atoms with van der Waals surface area (Å²) in [6.07, 6.45) is 9.83. The summed E-state index contributed by atoms with van der Waals surface area (Å²) in [5.74, 6) is 0.120. The highest BCUT2D eigenvalue weighted by Gasteiger charge is 2.07. The molecule has 0 aliphatic heterocycles. The van der Waals surface area contributed by atoms with Crippen LogP contribution >= 0.6 is 0 Å². The normalized spacial score (nSPS) is 14.5. The molecule has 2 atom stereocenters. The van der Waals surface area contributed by atoms with E-state index >= 15 is 0 Å². The highest BCUT2D eigenvalue weighted by Crippen LogP contribution is 2.14. The van der Waals surface area contributed by atoms with Crippen LogP contribution in [0.1, 0.15) is 58.8 Å². The molecule has 0 saturated carbocycles. The van der Waals surface area contributed by atoms with Crippen molar-refractivity contribution >= 4 is 12.1 Å². The van der Waals surface area contributed by atoms with Gasteiger partial charge in [0.1, 0.15) is 0 Å². The number of aliphatic imine (C=N–C) groups is 1. The Labute approximate surface area is 129 Å². The van der Waals surface area contributed by atoms with Gasteiger partial charge in [0.15, 0.2) is 0 Å². The fourth-order valence-corrected chi connectivity index (χ4v) is 2.04. The number of hydrogen-bond donors (Lipinski definition) is 2. The number of nitrogens with two attached hydrogens (primary N) is 1. The average Bonchev–Trinajstić information content (AvgIpc) is 2.47. The van der Waals surface area contributed by atoms with E-state index in [4.69, 9.17) is 15.6 Å². The number of ether oxygens (including phenoxy) is 1. The minimum atomic E-state index is -0.316. The molecule has 0 fully saturated rings. The summed E-state index contributed by atoms with van der Waals surface area (Å²) < 4.78 is 5.44. The zero-order valence-electron chi connectivity index (χ0n) is 13.6.